The summed E-state index contributed by atoms with van der Waals surface area (Å²) in [5.74, 6) is 0.828. The first-order valence-electron chi connectivity index (χ1n) is 6.43. The zero-order valence-corrected chi connectivity index (χ0v) is 11.9. The van der Waals surface area contributed by atoms with Gasteiger partial charge in [-0.25, -0.2) is 9.97 Å². The van der Waals surface area contributed by atoms with Crippen LogP contribution in [0.25, 0.3) is 0 Å². The van der Waals surface area contributed by atoms with E-state index in [1.54, 1.807) is 24.3 Å². The van der Waals surface area contributed by atoms with Gasteiger partial charge >= 0.3 is 5.97 Å². The minimum atomic E-state index is -0.791. The number of hydrogen-bond donors (Lipinski definition) is 1. The van der Waals surface area contributed by atoms with Crippen LogP contribution in [0.4, 0.5) is 0 Å². The molecule has 0 aromatic carbocycles. The molecule has 1 aromatic rings. The van der Waals surface area contributed by atoms with Gasteiger partial charge in [0.25, 0.3) is 0 Å². The van der Waals surface area contributed by atoms with E-state index in [0.717, 1.165) is 36.5 Å². The summed E-state index contributed by atoms with van der Waals surface area (Å²) in [5.41, 5.74) is 5.44. The largest absolute Gasteiger partial charge is 0.468 e. The number of carbonyl (C=O) groups is 1. The number of ether oxygens (including phenoxy) is 1. The second-order valence-corrected chi connectivity index (χ2v) is 5.92. The maximum atomic E-state index is 11.8. The van der Waals surface area contributed by atoms with Crippen LogP contribution in [0.1, 0.15) is 25.7 Å². The van der Waals surface area contributed by atoms with Crippen LogP contribution in [0.2, 0.25) is 0 Å². The smallest absolute Gasteiger partial charge is 0.326 e. The second kappa shape index (κ2) is 6.34. The molecule has 6 heteroatoms. The second-order valence-electron chi connectivity index (χ2n) is 4.81. The number of aromatic nitrogens is 2. The van der Waals surface area contributed by atoms with Crippen LogP contribution in [-0.2, 0) is 9.53 Å². The molecule has 104 valence electrons. The third-order valence-corrected chi connectivity index (χ3v) is 4.69. The van der Waals surface area contributed by atoms with E-state index in [4.69, 9.17) is 10.5 Å². The van der Waals surface area contributed by atoms with Gasteiger partial charge in [-0.2, -0.15) is 0 Å². The van der Waals surface area contributed by atoms with Crippen LogP contribution in [0, 0.1) is 5.92 Å². The van der Waals surface area contributed by atoms with E-state index in [0.29, 0.717) is 0 Å². The monoisotopic (exact) mass is 281 g/mol. The first-order chi connectivity index (χ1) is 9.16. The zero-order valence-electron chi connectivity index (χ0n) is 11.0. The molecule has 0 amide bonds. The highest BCUT2D eigenvalue weighted by Crippen LogP contribution is 2.38. The molecule has 1 saturated carbocycles. The van der Waals surface area contributed by atoms with Crippen LogP contribution in [0.3, 0.4) is 0 Å². The molecule has 0 spiro atoms. The molecule has 1 aliphatic rings. The van der Waals surface area contributed by atoms with Crippen molar-refractivity contribution in [3.8, 4) is 0 Å². The first-order valence-corrected chi connectivity index (χ1v) is 7.41. The Balaban J connectivity index is 1.87. The predicted octanol–water partition coefficient (Wildman–Crippen LogP) is 1.63. The van der Waals surface area contributed by atoms with E-state index in [1.807, 2.05) is 6.07 Å². The Morgan fingerprint density at radius 3 is 3.21 bits per heavy atom. The summed E-state index contributed by atoms with van der Waals surface area (Å²) < 4.78 is 4.84. The Kier molecular flexibility index (Phi) is 4.76. The number of carbonyl (C=O) groups excluding carboxylic acids is 1. The topological polar surface area (TPSA) is 78.1 Å². The average Bonchev–Trinajstić information content (AvgIpc) is 2.82. The highest BCUT2D eigenvalue weighted by Gasteiger charge is 2.46. The summed E-state index contributed by atoms with van der Waals surface area (Å²) in [7, 11) is 1.40. The van der Waals surface area contributed by atoms with Crippen molar-refractivity contribution in [2.75, 3.05) is 12.9 Å². The number of hydrogen-bond acceptors (Lipinski definition) is 6. The number of rotatable bonds is 5. The van der Waals surface area contributed by atoms with E-state index >= 15 is 0 Å². The van der Waals surface area contributed by atoms with Gasteiger partial charge in [0.2, 0.25) is 0 Å². The Morgan fingerprint density at radius 1 is 1.68 bits per heavy atom. The molecular formula is C13H19N3O2S. The summed E-state index contributed by atoms with van der Waals surface area (Å²) in [4.78, 5) is 19.8. The maximum Gasteiger partial charge on any atom is 0.326 e. The highest BCUT2D eigenvalue weighted by atomic mass is 32.2. The standard InChI is InChI=1S/C13H19N3O2S/c1-18-12(17)13(14)6-2-3-10(13)5-8-19-11-4-7-15-9-16-11/h4,7,9-10H,2-3,5-6,8,14H2,1H3. The van der Waals surface area contributed by atoms with Crippen LogP contribution in [-0.4, -0.2) is 34.3 Å². The van der Waals surface area contributed by atoms with Gasteiger partial charge in [0.1, 0.15) is 11.9 Å². The summed E-state index contributed by atoms with van der Waals surface area (Å²) in [6.07, 6.45) is 6.89. The molecule has 5 nitrogen and oxygen atoms in total. The summed E-state index contributed by atoms with van der Waals surface area (Å²) in [6, 6.07) is 1.88. The molecule has 0 bridgehead atoms. The van der Waals surface area contributed by atoms with Gasteiger partial charge in [-0.05, 0) is 37.0 Å². The predicted molar refractivity (Wildman–Crippen MR) is 73.6 cm³/mol. The molecule has 1 heterocycles. The molecule has 2 N–H and O–H groups in total. The van der Waals surface area contributed by atoms with Crippen molar-refractivity contribution in [1.82, 2.24) is 9.97 Å². The van der Waals surface area contributed by atoms with Gasteiger partial charge in [-0.3, -0.25) is 4.79 Å². The molecule has 0 aliphatic heterocycles. The Hall–Kier alpha value is -1.14. The third kappa shape index (κ3) is 3.25. The molecule has 2 rings (SSSR count). The number of nitrogens with zero attached hydrogens (tertiary/aromatic N) is 2. The highest BCUT2D eigenvalue weighted by molar-refractivity contribution is 7.99. The lowest BCUT2D eigenvalue weighted by Crippen LogP contribution is -2.51. The molecule has 0 radical (unpaired) electrons. The van der Waals surface area contributed by atoms with Gasteiger partial charge in [-0.1, -0.05) is 6.42 Å². The van der Waals surface area contributed by atoms with Gasteiger partial charge in [-0.15, -0.1) is 11.8 Å². The van der Waals surface area contributed by atoms with Gasteiger partial charge in [0.05, 0.1) is 12.1 Å². The lowest BCUT2D eigenvalue weighted by Gasteiger charge is -2.28. The number of thioether (sulfide) groups is 1. The minimum Gasteiger partial charge on any atom is -0.468 e. The zero-order chi connectivity index (χ0) is 13.7. The molecule has 19 heavy (non-hydrogen) atoms. The van der Waals surface area contributed by atoms with E-state index < -0.39 is 5.54 Å². The van der Waals surface area contributed by atoms with E-state index in [-0.39, 0.29) is 11.9 Å². The van der Waals surface area contributed by atoms with Crippen LogP contribution < -0.4 is 5.73 Å². The van der Waals surface area contributed by atoms with Gasteiger partial charge < -0.3 is 10.5 Å². The fourth-order valence-corrected chi connectivity index (χ4v) is 3.52. The first kappa shape index (κ1) is 14.3. The van der Waals surface area contributed by atoms with Crippen molar-refractivity contribution in [1.29, 1.82) is 0 Å². The quantitative estimate of drug-likeness (QED) is 0.502. The van der Waals surface area contributed by atoms with Gasteiger partial charge in [0.15, 0.2) is 0 Å². The number of nitrogens with two attached hydrogens (primary N) is 1. The van der Waals surface area contributed by atoms with Crippen molar-refractivity contribution < 1.29 is 9.53 Å². The van der Waals surface area contributed by atoms with E-state index in [1.165, 1.54) is 7.11 Å². The minimum absolute atomic E-state index is 0.203. The van der Waals surface area contributed by atoms with E-state index in [2.05, 4.69) is 9.97 Å². The van der Waals surface area contributed by atoms with Crippen molar-refractivity contribution >= 4 is 17.7 Å². The molecule has 1 fully saturated rings. The molecule has 2 atom stereocenters. The van der Waals surface area contributed by atoms with Crippen molar-refractivity contribution in [3.05, 3.63) is 18.6 Å². The molecule has 0 saturated heterocycles. The maximum absolute atomic E-state index is 11.8. The Labute approximate surface area is 117 Å². The summed E-state index contributed by atoms with van der Waals surface area (Å²) in [6.45, 7) is 0. The Morgan fingerprint density at radius 2 is 2.53 bits per heavy atom. The molecule has 1 aliphatic carbocycles. The Bertz CT molecular complexity index is 429. The number of methoxy groups -OCH3 is 1. The van der Waals surface area contributed by atoms with E-state index in [9.17, 15) is 4.79 Å². The normalized spacial score (nSPS) is 26.3. The lowest BCUT2D eigenvalue weighted by atomic mass is 9.86. The average molecular weight is 281 g/mol. The fourth-order valence-electron chi connectivity index (χ4n) is 2.63. The summed E-state index contributed by atoms with van der Waals surface area (Å²) in [5, 5.41) is 0.952. The van der Waals surface area contributed by atoms with Crippen LogP contribution in [0.15, 0.2) is 23.6 Å². The van der Waals surface area contributed by atoms with Crippen LogP contribution in [0.5, 0.6) is 0 Å². The van der Waals surface area contributed by atoms with Crippen molar-refractivity contribution in [2.24, 2.45) is 11.7 Å². The van der Waals surface area contributed by atoms with Crippen molar-refractivity contribution in [3.63, 3.8) is 0 Å². The van der Waals surface area contributed by atoms with Gasteiger partial charge in [0, 0.05) is 6.20 Å². The summed E-state index contributed by atoms with van der Waals surface area (Å²) >= 11 is 1.67. The number of esters is 1. The van der Waals surface area contributed by atoms with Crippen molar-refractivity contribution in [2.45, 2.75) is 36.2 Å². The molecular weight excluding hydrogens is 262 g/mol. The molecule has 1 aromatic heterocycles. The third-order valence-electron chi connectivity index (χ3n) is 3.71. The van der Waals surface area contributed by atoms with Crippen LogP contribution >= 0.6 is 11.8 Å². The SMILES string of the molecule is COC(=O)C1(N)CCCC1CCSc1ccncn1. The molecule has 2 unspecified atom stereocenters. The lowest BCUT2D eigenvalue weighted by molar-refractivity contribution is -0.148. The fraction of sp³-hybridized carbons (Fsp3) is 0.615.